The number of rotatable bonds is 2. The van der Waals surface area contributed by atoms with Gasteiger partial charge in [0, 0.05) is 5.92 Å². The van der Waals surface area contributed by atoms with Crippen molar-refractivity contribution in [2.45, 2.75) is 76.3 Å². The highest BCUT2D eigenvalue weighted by Crippen LogP contribution is 2.64. The van der Waals surface area contributed by atoms with Crippen LogP contribution in [0.1, 0.15) is 52.9 Å². The minimum atomic E-state index is -0.651. The van der Waals surface area contributed by atoms with Crippen LogP contribution in [-0.4, -0.2) is 34.5 Å². The molecular weight excluding hydrogens is 256 g/mol. The summed E-state index contributed by atoms with van der Waals surface area (Å²) in [5.74, 6) is -0.120. The first-order valence-corrected chi connectivity index (χ1v) is 7.89. The number of fused-ring (bicyclic) bond motifs is 2. The Kier molecular flexibility index (Phi) is 2.34. The summed E-state index contributed by atoms with van der Waals surface area (Å²) >= 11 is 0. The largest absolute Gasteiger partial charge is 0.481 e. The molecule has 0 aromatic heterocycles. The van der Waals surface area contributed by atoms with E-state index in [1.165, 1.54) is 0 Å². The zero-order chi connectivity index (χ0) is 14.3. The molecule has 0 aromatic rings. The average molecular weight is 280 g/mol. The van der Waals surface area contributed by atoms with Gasteiger partial charge in [-0.3, -0.25) is 4.79 Å². The second-order valence-corrected chi connectivity index (χ2v) is 7.99. The van der Waals surface area contributed by atoms with Gasteiger partial charge in [-0.1, -0.05) is 0 Å². The Morgan fingerprint density at radius 2 is 1.85 bits per heavy atom. The van der Waals surface area contributed by atoms with Gasteiger partial charge in [-0.25, -0.2) is 0 Å². The van der Waals surface area contributed by atoms with E-state index in [2.05, 4.69) is 13.8 Å². The molecule has 0 spiro atoms. The maximum Gasteiger partial charge on any atom is 0.309 e. The van der Waals surface area contributed by atoms with Gasteiger partial charge in [0.25, 0.3) is 0 Å². The predicted molar refractivity (Wildman–Crippen MR) is 72.4 cm³/mol. The van der Waals surface area contributed by atoms with E-state index in [-0.39, 0.29) is 23.2 Å². The number of epoxide rings is 2. The van der Waals surface area contributed by atoms with Crippen molar-refractivity contribution in [2.24, 2.45) is 17.3 Å². The molecule has 7 atom stereocenters. The minimum Gasteiger partial charge on any atom is -0.481 e. The van der Waals surface area contributed by atoms with E-state index >= 15 is 0 Å². The van der Waals surface area contributed by atoms with Crippen molar-refractivity contribution in [3.05, 3.63) is 0 Å². The van der Waals surface area contributed by atoms with Gasteiger partial charge in [0.05, 0.1) is 28.8 Å². The van der Waals surface area contributed by atoms with Crippen molar-refractivity contribution in [3.63, 3.8) is 0 Å². The molecule has 4 aliphatic rings. The van der Waals surface area contributed by atoms with E-state index in [0.717, 1.165) is 32.1 Å². The van der Waals surface area contributed by atoms with Crippen LogP contribution in [0.2, 0.25) is 0 Å². The lowest BCUT2D eigenvalue weighted by Gasteiger charge is -2.45. The van der Waals surface area contributed by atoms with E-state index in [4.69, 9.17) is 9.47 Å². The molecule has 4 rings (SSSR count). The molecule has 4 fully saturated rings. The van der Waals surface area contributed by atoms with E-state index in [1.54, 1.807) is 0 Å². The molecule has 0 amide bonds. The predicted octanol–water partition coefficient (Wildman–Crippen LogP) is 2.60. The van der Waals surface area contributed by atoms with Crippen LogP contribution in [0.4, 0.5) is 0 Å². The Morgan fingerprint density at radius 3 is 2.50 bits per heavy atom. The first-order chi connectivity index (χ1) is 9.30. The fourth-order valence-electron chi connectivity index (χ4n) is 5.45. The van der Waals surface area contributed by atoms with Gasteiger partial charge in [-0.2, -0.15) is 0 Å². The Morgan fingerprint density at radius 1 is 1.10 bits per heavy atom. The fraction of sp³-hybridized carbons (Fsp3) is 0.938. The van der Waals surface area contributed by atoms with Crippen molar-refractivity contribution in [3.8, 4) is 0 Å². The molecular formula is C16H24O4. The van der Waals surface area contributed by atoms with Crippen molar-refractivity contribution >= 4 is 5.97 Å². The molecule has 112 valence electrons. The van der Waals surface area contributed by atoms with Crippen LogP contribution < -0.4 is 0 Å². The Balaban J connectivity index is 1.67. The SMILES string of the molecule is CC12CC(C3C(C)(C(=O)O)CCC4OC43C)CCC1O2. The molecule has 2 heterocycles. The lowest BCUT2D eigenvalue weighted by molar-refractivity contribution is -0.157. The summed E-state index contributed by atoms with van der Waals surface area (Å²) in [6, 6.07) is 0. The van der Waals surface area contributed by atoms with E-state index in [0.29, 0.717) is 12.0 Å². The lowest BCUT2D eigenvalue weighted by atomic mass is 9.55. The van der Waals surface area contributed by atoms with Crippen LogP contribution in [0.15, 0.2) is 0 Å². The fourth-order valence-corrected chi connectivity index (χ4v) is 5.45. The topological polar surface area (TPSA) is 62.4 Å². The van der Waals surface area contributed by atoms with Gasteiger partial charge in [-0.15, -0.1) is 0 Å². The second kappa shape index (κ2) is 3.58. The highest BCUT2D eigenvalue weighted by atomic mass is 16.6. The summed E-state index contributed by atoms with van der Waals surface area (Å²) in [4.78, 5) is 11.9. The molecule has 2 saturated heterocycles. The van der Waals surface area contributed by atoms with Crippen LogP contribution in [-0.2, 0) is 14.3 Å². The quantitative estimate of drug-likeness (QED) is 0.790. The summed E-state index contributed by atoms with van der Waals surface area (Å²) in [5, 5.41) is 9.80. The van der Waals surface area contributed by atoms with Gasteiger partial charge in [0.15, 0.2) is 0 Å². The zero-order valence-corrected chi connectivity index (χ0v) is 12.5. The minimum absolute atomic E-state index is 0.0144. The molecule has 4 nitrogen and oxygen atoms in total. The zero-order valence-electron chi connectivity index (χ0n) is 12.5. The van der Waals surface area contributed by atoms with Crippen LogP contribution in [0.3, 0.4) is 0 Å². The summed E-state index contributed by atoms with van der Waals surface area (Å²) in [6.07, 6.45) is 5.49. The standard InChI is InChI=1S/C16H24O4/c1-14(13(17)18)7-6-11-16(3,20-11)12(14)9-4-5-10-15(2,8-9)19-10/h9-12H,4-8H2,1-3H3,(H,17,18). The van der Waals surface area contributed by atoms with Crippen molar-refractivity contribution in [1.29, 1.82) is 0 Å². The number of carboxylic acids is 1. The number of aliphatic carboxylic acids is 1. The molecule has 1 N–H and O–H groups in total. The van der Waals surface area contributed by atoms with Crippen LogP contribution in [0.5, 0.6) is 0 Å². The molecule has 2 aliphatic carbocycles. The first kappa shape index (κ1) is 13.1. The monoisotopic (exact) mass is 280 g/mol. The lowest BCUT2D eigenvalue weighted by Crippen LogP contribution is -2.51. The van der Waals surface area contributed by atoms with E-state index < -0.39 is 11.4 Å². The molecule has 2 saturated carbocycles. The number of carbonyl (C=O) groups is 1. The Hall–Kier alpha value is -0.610. The number of ether oxygens (including phenoxy) is 2. The number of hydrogen-bond acceptors (Lipinski definition) is 3. The van der Waals surface area contributed by atoms with Gasteiger partial charge in [0.2, 0.25) is 0 Å². The Bertz CT molecular complexity index is 477. The Labute approximate surface area is 119 Å². The van der Waals surface area contributed by atoms with E-state index in [9.17, 15) is 9.90 Å². The van der Waals surface area contributed by atoms with Crippen molar-refractivity contribution in [1.82, 2.24) is 0 Å². The van der Waals surface area contributed by atoms with Gasteiger partial charge in [-0.05, 0) is 58.8 Å². The van der Waals surface area contributed by atoms with Crippen molar-refractivity contribution < 1.29 is 19.4 Å². The van der Waals surface area contributed by atoms with Crippen LogP contribution >= 0.6 is 0 Å². The maximum atomic E-state index is 11.9. The summed E-state index contributed by atoms with van der Waals surface area (Å²) in [5.41, 5.74) is -0.848. The summed E-state index contributed by atoms with van der Waals surface area (Å²) in [6.45, 7) is 6.24. The van der Waals surface area contributed by atoms with Gasteiger partial charge < -0.3 is 14.6 Å². The van der Waals surface area contributed by atoms with Gasteiger partial charge >= 0.3 is 5.97 Å². The van der Waals surface area contributed by atoms with E-state index in [1.807, 2.05) is 6.92 Å². The summed E-state index contributed by atoms with van der Waals surface area (Å²) < 4.78 is 11.8. The maximum absolute atomic E-state index is 11.9. The molecule has 0 bridgehead atoms. The highest BCUT2D eigenvalue weighted by molar-refractivity contribution is 5.75. The third-order valence-corrected chi connectivity index (χ3v) is 6.67. The molecule has 7 unspecified atom stereocenters. The number of carboxylic acid groups (broad SMARTS) is 1. The smallest absolute Gasteiger partial charge is 0.309 e. The third kappa shape index (κ3) is 1.52. The molecule has 0 radical (unpaired) electrons. The van der Waals surface area contributed by atoms with Gasteiger partial charge in [0.1, 0.15) is 0 Å². The summed E-state index contributed by atoms with van der Waals surface area (Å²) in [7, 11) is 0. The average Bonchev–Trinajstić information content (AvgIpc) is 3.21. The van der Waals surface area contributed by atoms with Crippen LogP contribution in [0, 0.1) is 17.3 Å². The van der Waals surface area contributed by atoms with Crippen LogP contribution in [0.25, 0.3) is 0 Å². The first-order valence-electron chi connectivity index (χ1n) is 7.89. The molecule has 20 heavy (non-hydrogen) atoms. The molecule has 2 aliphatic heterocycles. The molecule has 4 heteroatoms. The van der Waals surface area contributed by atoms with Crippen molar-refractivity contribution in [2.75, 3.05) is 0 Å². The molecule has 0 aromatic carbocycles. The number of hydrogen-bond donors (Lipinski definition) is 1. The third-order valence-electron chi connectivity index (χ3n) is 6.67. The highest BCUT2D eigenvalue weighted by Gasteiger charge is 2.70. The second-order valence-electron chi connectivity index (χ2n) is 7.99. The normalized spacial score (nSPS) is 60.4.